The quantitative estimate of drug-likeness (QED) is 0.0991. The Bertz CT molecular complexity index is 3290. The highest BCUT2D eigenvalue weighted by Gasteiger charge is 2.81. The predicted octanol–water partition coefficient (Wildman–Crippen LogP) is 0.839. The van der Waals surface area contributed by atoms with Crippen molar-refractivity contribution < 1.29 is 171 Å². The fraction of sp³-hybridized carbons (Fsp3) is 0.701. The number of amides is 1. The van der Waals surface area contributed by atoms with Gasteiger partial charge in [-0.3, -0.25) is 62.3 Å². The Hall–Kier alpha value is -8.56. The molecule has 5 heterocycles. The summed E-state index contributed by atoms with van der Waals surface area (Å²) in [6.07, 6.45) is -41.0. The minimum atomic E-state index is -2.22. The van der Waals surface area contributed by atoms with E-state index in [4.69, 9.17) is 104 Å². The van der Waals surface area contributed by atoms with Gasteiger partial charge in [0.1, 0.15) is 86.9 Å². The van der Waals surface area contributed by atoms with Gasteiger partial charge >= 0.3 is 77.6 Å². The number of hydrogen-bond acceptors (Lipinski definition) is 36. The van der Waals surface area contributed by atoms with Crippen LogP contribution in [0.2, 0.25) is 0 Å². The molecular formula is C67H89NO36. The Morgan fingerprint density at radius 2 is 0.808 bits per heavy atom. The standard InChI is InChI=1S/C67H89NO36/c1-27-53(92-37(11)76)44(89-34(8)73)22-46(91-36(10)75)63(87-27)102-58-52(68-30(4)69)65(103-61-51-54(100-62(82)43-20-18-17-19-21-43)28(2)86-50(26-85-33(7)72)67(51,61)104-42(16)81)99-49(25-84-32(6)71)57(58)101-64-47(23-45(90-35(9)74)56(94-39(13)78)48(98-64)24-83-31(5)70)97-66-60(96-41(15)80)59(95-40(14)79)55(29(3)88-66)93-38(12)77/h17-21,27-29,44-61,63-66H,22-26H2,1-16H3,(H,68,69)/t27?,28-,29?,44?,45?,46?,47?,48?,49?,50?,51?,52?,53+,54?,55+,56+,57+,58+,59?,60-,61?,63-,64-,65-,66-,67?/m0/s1. The van der Waals surface area contributed by atoms with E-state index in [9.17, 15) is 67.1 Å². The first-order valence-electron chi connectivity index (χ1n) is 33.3. The van der Waals surface area contributed by atoms with Crippen LogP contribution < -0.4 is 5.32 Å². The molecule has 7 rings (SSSR count). The number of rotatable bonds is 26. The van der Waals surface area contributed by atoms with Gasteiger partial charge in [0.15, 0.2) is 67.4 Å². The molecule has 1 aromatic rings. The van der Waals surface area contributed by atoms with Crippen molar-refractivity contribution in [2.45, 2.75) is 276 Å². The van der Waals surface area contributed by atoms with Crippen molar-refractivity contribution in [1.29, 1.82) is 0 Å². The molecule has 37 nitrogen and oxygen atoms in total. The average Bonchev–Trinajstić information content (AvgIpc) is 1.51. The van der Waals surface area contributed by atoms with E-state index in [0.717, 1.165) is 90.0 Å². The highest BCUT2D eigenvalue weighted by Crippen LogP contribution is 2.60. The summed E-state index contributed by atoms with van der Waals surface area (Å²) in [5.41, 5.74) is -2.01. The van der Waals surface area contributed by atoms with E-state index >= 15 is 0 Å². The number of carbonyl (C=O) groups excluding carboxylic acids is 14. The summed E-state index contributed by atoms with van der Waals surface area (Å²) >= 11 is 0. The van der Waals surface area contributed by atoms with Crippen LogP contribution in [0.1, 0.15) is 134 Å². The molecule has 0 aromatic heterocycles. The summed E-state index contributed by atoms with van der Waals surface area (Å²) in [7, 11) is 0. The van der Waals surface area contributed by atoms with Crippen LogP contribution in [-0.2, 0) is 167 Å². The van der Waals surface area contributed by atoms with Gasteiger partial charge in [0.25, 0.3) is 0 Å². The first-order valence-corrected chi connectivity index (χ1v) is 33.3. The second-order valence-corrected chi connectivity index (χ2v) is 25.4. The van der Waals surface area contributed by atoms with E-state index in [0.29, 0.717) is 0 Å². The Labute approximate surface area is 596 Å². The molecule has 15 unspecified atom stereocenters. The molecule has 5 saturated heterocycles. The van der Waals surface area contributed by atoms with Gasteiger partial charge in [-0.2, -0.15) is 0 Å². The van der Waals surface area contributed by atoms with Gasteiger partial charge in [-0.05, 0) is 32.9 Å². The van der Waals surface area contributed by atoms with Gasteiger partial charge in [-0.25, -0.2) is 4.79 Å². The Kier molecular flexibility index (Phi) is 29.0. The fourth-order valence-electron chi connectivity index (χ4n) is 13.2. The van der Waals surface area contributed by atoms with Crippen LogP contribution in [-0.4, -0.2) is 256 Å². The normalized spacial score (nSPS) is 35.0. The lowest BCUT2D eigenvalue weighted by Crippen LogP contribution is -2.68. The third kappa shape index (κ3) is 21.8. The lowest BCUT2D eigenvalue weighted by molar-refractivity contribution is -0.364. The Balaban J connectivity index is 1.51. The number of benzene rings is 1. The first kappa shape index (κ1) is 82.7. The maximum atomic E-state index is 14.2. The topological polar surface area (TPSA) is 454 Å². The molecule has 26 atom stereocenters. The summed E-state index contributed by atoms with van der Waals surface area (Å²) in [6, 6.07) is 5.79. The van der Waals surface area contributed by atoms with E-state index in [-0.39, 0.29) is 5.56 Å². The summed E-state index contributed by atoms with van der Waals surface area (Å²) in [4.78, 5) is 185. The monoisotopic (exact) mass is 1480 g/mol. The molecule has 0 radical (unpaired) electrons. The molecule has 6 fully saturated rings. The fourth-order valence-corrected chi connectivity index (χ4v) is 13.2. The van der Waals surface area contributed by atoms with Gasteiger partial charge in [0.2, 0.25) is 5.91 Å². The van der Waals surface area contributed by atoms with Crippen LogP contribution >= 0.6 is 0 Å². The number of carbonyl (C=O) groups is 14. The summed E-state index contributed by atoms with van der Waals surface area (Å²) in [5, 5.41) is 2.74. The zero-order valence-corrected chi connectivity index (χ0v) is 60.1. The molecule has 5 aliphatic heterocycles. The van der Waals surface area contributed by atoms with Gasteiger partial charge in [0.05, 0.1) is 29.8 Å². The number of esters is 13. The molecule has 0 bridgehead atoms. The molecule has 1 aliphatic carbocycles. The lowest BCUT2D eigenvalue weighted by Gasteiger charge is -2.49. The van der Waals surface area contributed by atoms with E-state index < -0.39 is 275 Å². The van der Waals surface area contributed by atoms with Crippen LogP contribution in [0.5, 0.6) is 0 Å². The molecule has 104 heavy (non-hydrogen) atoms. The van der Waals surface area contributed by atoms with Gasteiger partial charge in [-0.15, -0.1) is 0 Å². The lowest BCUT2D eigenvalue weighted by atomic mass is 9.95. The third-order valence-electron chi connectivity index (χ3n) is 16.9. The molecule has 1 aromatic carbocycles. The van der Waals surface area contributed by atoms with Gasteiger partial charge < -0.3 is 110 Å². The molecule has 1 saturated carbocycles. The summed E-state index contributed by atoms with van der Waals surface area (Å²) in [5.74, 6) is -14.5. The van der Waals surface area contributed by atoms with Crippen molar-refractivity contribution in [3.63, 3.8) is 0 Å². The number of ether oxygens (including phenoxy) is 22. The first-order chi connectivity index (χ1) is 48.9. The molecule has 37 heteroatoms. The minimum absolute atomic E-state index is 0.0787. The summed E-state index contributed by atoms with van der Waals surface area (Å²) in [6.45, 7) is 15.1. The van der Waals surface area contributed by atoms with Crippen LogP contribution in [0.3, 0.4) is 0 Å². The number of fused-ring (bicyclic) bond motifs is 1. The molecule has 1 amide bonds. The van der Waals surface area contributed by atoms with Crippen molar-refractivity contribution in [2.75, 3.05) is 19.8 Å². The van der Waals surface area contributed by atoms with Crippen LogP contribution in [0.4, 0.5) is 0 Å². The maximum Gasteiger partial charge on any atom is 0.338 e. The SMILES string of the molecule is CC(=O)NC1[C@H](OC2C3C(OC(=O)c4ccccc4)[C@H](C)OC(COC(C)=O)C23OC(C)=O)OC(COC(C)=O)[C@@H](O[C@@H]2OC(COC(C)=O)[C@H](OC(C)=O)C(OC(C)=O)CC2O[C@@H]2OC(C)[C@@H](OC(C)=O)C(OC(C)=O)[C@@H]2OC(C)=O)[C@@H]1O[C@@H]1OC(C)[C@@H](OC(C)=O)C(OC(C)=O)CC1OC(C)=O. The van der Waals surface area contributed by atoms with Crippen LogP contribution in [0.25, 0.3) is 0 Å². The molecular weight excluding hydrogens is 1390 g/mol. The van der Waals surface area contributed by atoms with Crippen molar-refractivity contribution >= 4 is 83.5 Å². The molecule has 578 valence electrons. The number of hydrogen-bond donors (Lipinski definition) is 1. The summed E-state index contributed by atoms with van der Waals surface area (Å²) < 4.78 is 136. The predicted molar refractivity (Wildman–Crippen MR) is 335 cm³/mol. The van der Waals surface area contributed by atoms with Crippen molar-refractivity contribution in [3.05, 3.63) is 35.9 Å². The third-order valence-corrected chi connectivity index (χ3v) is 16.9. The zero-order valence-electron chi connectivity index (χ0n) is 60.1. The van der Waals surface area contributed by atoms with Crippen molar-refractivity contribution in [1.82, 2.24) is 5.32 Å². The van der Waals surface area contributed by atoms with E-state index in [1.807, 2.05) is 0 Å². The molecule has 0 spiro atoms. The van der Waals surface area contributed by atoms with Crippen molar-refractivity contribution in [2.24, 2.45) is 5.92 Å². The van der Waals surface area contributed by atoms with Gasteiger partial charge in [-0.1, -0.05) is 18.2 Å². The van der Waals surface area contributed by atoms with E-state index in [1.54, 1.807) is 18.2 Å². The Morgan fingerprint density at radius 1 is 0.375 bits per heavy atom. The smallest absolute Gasteiger partial charge is 0.338 e. The van der Waals surface area contributed by atoms with Crippen molar-refractivity contribution in [3.8, 4) is 0 Å². The molecule has 1 N–H and O–H groups in total. The second-order valence-electron chi connectivity index (χ2n) is 25.4. The second kappa shape index (κ2) is 36.4. The largest absolute Gasteiger partial charge is 0.463 e. The van der Waals surface area contributed by atoms with E-state index in [2.05, 4.69) is 5.32 Å². The molecule has 6 aliphatic rings. The minimum Gasteiger partial charge on any atom is -0.463 e. The zero-order chi connectivity index (χ0) is 76.9. The average molecular weight is 1480 g/mol. The van der Waals surface area contributed by atoms with E-state index in [1.165, 1.54) is 32.9 Å². The Morgan fingerprint density at radius 3 is 1.35 bits per heavy atom. The number of nitrogens with one attached hydrogen (secondary N) is 1. The van der Waals surface area contributed by atoms with Crippen LogP contribution in [0.15, 0.2) is 30.3 Å². The van der Waals surface area contributed by atoms with Gasteiger partial charge in [0, 0.05) is 103 Å². The highest BCUT2D eigenvalue weighted by molar-refractivity contribution is 5.89. The maximum absolute atomic E-state index is 14.2. The highest BCUT2D eigenvalue weighted by atomic mass is 16.8. The van der Waals surface area contributed by atoms with Crippen LogP contribution in [0, 0.1) is 5.92 Å².